The number of nitrogens with one attached hydrogen (secondary N) is 1. The number of sulfone groups is 1. The molecule has 2 unspecified atom stereocenters. The van der Waals surface area contributed by atoms with E-state index in [1.807, 2.05) is 0 Å². The van der Waals surface area contributed by atoms with Gasteiger partial charge in [-0.2, -0.15) is 0 Å². The zero-order valence-electron chi connectivity index (χ0n) is 11.4. The minimum absolute atomic E-state index is 0.275. The monoisotopic (exact) mass is 274 g/mol. The van der Waals surface area contributed by atoms with Gasteiger partial charge in [0.1, 0.15) is 0 Å². The molecule has 106 valence electrons. The molecule has 2 aliphatic heterocycles. The lowest BCUT2D eigenvalue weighted by molar-refractivity contribution is 0.165. The van der Waals surface area contributed by atoms with E-state index in [-0.39, 0.29) is 6.04 Å². The first-order chi connectivity index (χ1) is 8.61. The van der Waals surface area contributed by atoms with Crippen molar-refractivity contribution in [1.29, 1.82) is 0 Å². The first kappa shape index (κ1) is 14.3. The first-order valence-corrected chi connectivity index (χ1v) is 9.08. The summed E-state index contributed by atoms with van der Waals surface area (Å²) in [4.78, 5) is 2.43. The molecule has 18 heavy (non-hydrogen) atoms. The van der Waals surface area contributed by atoms with Gasteiger partial charge < -0.3 is 5.32 Å². The molecule has 0 aromatic rings. The number of hydrogen-bond donors (Lipinski definition) is 1. The fourth-order valence-corrected chi connectivity index (χ4v) is 4.95. The van der Waals surface area contributed by atoms with Crippen molar-refractivity contribution < 1.29 is 8.42 Å². The maximum atomic E-state index is 11.6. The van der Waals surface area contributed by atoms with Crippen LogP contribution in [0.2, 0.25) is 0 Å². The maximum absolute atomic E-state index is 11.6. The molecule has 5 heteroatoms. The van der Waals surface area contributed by atoms with Crippen LogP contribution in [0.3, 0.4) is 0 Å². The van der Waals surface area contributed by atoms with Crippen molar-refractivity contribution in [2.24, 2.45) is 5.92 Å². The standard InChI is InChI=1S/C13H26N2O2S/c1-2-7-15(10-12-4-3-6-14-9-12)13-5-8-18(16,17)11-13/h12-14H,2-11H2,1H3. The second-order valence-corrected chi connectivity index (χ2v) is 7.99. The summed E-state index contributed by atoms with van der Waals surface area (Å²) in [6.07, 6.45) is 4.49. The summed E-state index contributed by atoms with van der Waals surface area (Å²) in [7, 11) is -2.76. The average molecular weight is 274 g/mol. The Morgan fingerprint density at radius 1 is 1.33 bits per heavy atom. The van der Waals surface area contributed by atoms with E-state index in [0.717, 1.165) is 39.0 Å². The van der Waals surface area contributed by atoms with Crippen LogP contribution in [-0.4, -0.2) is 57.0 Å². The van der Waals surface area contributed by atoms with E-state index in [1.54, 1.807) is 0 Å². The molecule has 2 aliphatic rings. The normalized spacial score (nSPS) is 31.9. The van der Waals surface area contributed by atoms with Crippen LogP contribution in [0.4, 0.5) is 0 Å². The van der Waals surface area contributed by atoms with Gasteiger partial charge in [0.05, 0.1) is 11.5 Å². The largest absolute Gasteiger partial charge is 0.316 e. The Bertz CT molecular complexity index is 350. The van der Waals surface area contributed by atoms with E-state index < -0.39 is 9.84 Å². The van der Waals surface area contributed by atoms with Crippen LogP contribution in [0, 0.1) is 5.92 Å². The van der Waals surface area contributed by atoms with Crippen LogP contribution >= 0.6 is 0 Å². The Morgan fingerprint density at radius 2 is 2.17 bits per heavy atom. The van der Waals surface area contributed by atoms with Gasteiger partial charge in [-0.05, 0) is 51.2 Å². The minimum Gasteiger partial charge on any atom is -0.316 e. The van der Waals surface area contributed by atoms with Gasteiger partial charge in [-0.15, -0.1) is 0 Å². The van der Waals surface area contributed by atoms with E-state index in [0.29, 0.717) is 17.4 Å². The fraction of sp³-hybridized carbons (Fsp3) is 1.00. The van der Waals surface area contributed by atoms with Gasteiger partial charge in [0.25, 0.3) is 0 Å². The lowest BCUT2D eigenvalue weighted by Gasteiger charge is -2.33. The predicted octanol–water partition coefficient (Wildman–Crippen LogP) is 0.885. The minimum atomic E-state index is -2.76. The molecule has 2 saturated heterocycles. The summed E-state index contributed by atoms with van der Waals surface area (Å²) in [5.41, 5.74) is 0. The van der Waals surface area contributed by atoms with E-state index >= 15 is 0 Å². The van der Waals surface area contributed by atoms with Crippen molar-refractivity contribution >= 4 is 9.84 Å². The molecule has 0 saturated carbocycles. The second-order valence-electron chi connectivity index (χ2n) is 5.76. The Hall–Kier alpha value is -0.130. The van der Waals surface area contributed by atoms with Crippen LogP contribution in [0.5, 0.6) is 0 Å². The highest BCUT2D eigenvalue weighted by Gasteiger charge is 2.32. The number of piperidine rings is 1. The molecule has 0 amide bonds. The number of nitrogens with zero attached hydrogens (tertiary/aromatic N) is 1. The third-order valence-electron chi connectivity index (χ3n) is 4.13. The SMILES string of the molecule is CCCN(CC1CCCNC1)C1CCS(=O)(=O)C1. The van der Waals surface area contributed by atoms with Gasteiger partial charge in [0, 0.05) is 12.6 Å². The van der Waals surface area contributed by atoms with E-state index in [2.05, 4.69) is 17.1 Å². The molecule has 0 aromatic heterocycles. The number of hydrogen-bond acceptors (Lipinski definition) is 4. The molecular weight excluding hydrogens is 248 g/mol. The van der Waals surface area contributed by atoms with Crippen molar-refractivity contribution in [3.05, 3.63) is 0 Å². The smallest absolute Gasteiger partial charge is 0.151 e. The molecule has 0 aromatic carbocycles. The number of rotatable bonds is 5. The van der Waals surface area contributed by atoms with Crippen molar-refractivity contribution in [3.63, 3.8) is 0 Å². The van der Waals surface area contributed by atoms with E-state index in [4.69, 9.17) is 0 Å². The molecule has 1 N–H and O–H groups in total. The van der Waals surface area contributed by atoms with Gasteiger partial charge >= 0.3 is 0 Å². The highest BCUT2D eigenvalue weighted by Crippen LogP contribution is 2.21. The third kappa shape index (κ3) is 3.93. The quantitative estimate of drug-likeness (QED) is 0.809. The van der Waals surface area contributed by atoms with Crippen molar-refractivity contribution in [1.82, 2.24) is 10.2 Å². The summed E-state index contributed by atoms with van der Waals surface area (Å²) in [5, 5.41) is 3.44. The van der Waals surface area contributed by atoms with Gasteiger partial charge in [0.2, 0.25) is 0 Å². The van der Waals surface area contributed by atoms with Gasteiger partial charge in [-0.3, -0.25) is 4.90 Å². The molecule has 0 spiro atoms. The molecule has 4 nitrogen and oxygen atoms in total. The Morgan fingerprint density at radius 3 is 2.72 bits per heavy atom. The first-order valence-electron chi connectivity index (χ1n) is 7.26. The second kappa shape index (κ2) is 6.35. The lowest BCUT2D eigenvalue weighted by atomic mass is 9.98. The maximum Gasteiger partial charge on any atom is 0.151 e. The van der Waals surface area contributed by atoms with Crippen LogP contribution in [0.15, 0.2) is 0 Å². The average Bonchev–Trinajstić information content (AvgIpc) is 2.70. The topological polar surface area (TPSA) is 49.4 Å². The Labute approximate surface area is 111 Å². The highest BCUT2D eigenvalue weighted by atomic mass is 32.2. The molecular formula is C13H26N2O2S. The van der Waals surface area contributed by atoms with Gasteiger partial charge in [-0.1, -0.05) is 6.92 Å². The fourth-order valence-electron chi connectivity index (χ4n) is 3.18. The van der Waals surface area contributed by atoms with Crippen molar-refractivity contribution in [2.45, 2.75) is 38.6 Å². The van der Waals surface area contributed by atoms with Gasteiger partial charge in [-0.25, -0.2) is 8.42 Å². The van der Waals surface area contributed by atoms with Crippen molar-refractivity contribution in [3.8, 4) is 0 Å². The zero-order chi connectivity index (χ0) is 13.0. The van der Waals surface area contributed by atoms with Crippen LogP contribution < -0.4 is 5.32 Å². The van der Waals surface area contributed by atoms with E-state index in [1.165, 1.54) is 12.8 Å². The molecule has 2 fully saturated rings. The van der Waals surface area contributed by atoms with E-state index in [9.17, 15) is 8.42 Å². The van der Waals surface area contributed by atoms with Crippen LogP contribution in [0.1, 0.15) is 32.6 Å². The molecule has 2 atom stereocenters. The Balaban J connectivity index is 1.90. The van der Waals surface area contributed by atoms with Crippen molar-refractivity contribution in [2.75, 3.05) is 37.7 Å². The molecule has 2 heterocycles. The third-order valence-corrected chi connectivity index (χ3v) is 5.88. The molecule has 0 radical (unpaired) electrons. The molecule has 0 bridgehead atoms. The lowest BCUT2D eigenvalue weighted by Crippen LogP contribution is -2.43. The van der Waals surface area contributed by atoms with Crippen LogP contribution in [-0.2, 0) is 9.84 Å². The highest BCUT2D eigenvalue weighted by molar-refractivity contribution is 7.91. The molecule has 2 rings (SSSR count). The summed E-state index contributed by atoms with van der Waals surface area (Å²) >= 11 is 0. The summed E-state index contributed by atoms with van der Waals surface area (Å²) < 4.78 is 23.2. The predicted molar refractivity (Wildman–Crippen MR) is 74.5 cm³/mol. The van der Waals surface area contributed by atoms with Gasteiger partial charge in [0.15, 0.2) is 9.84 Å². The Kier molecular flexibility index (Phi) is 5.04. The molecule has 0 aliphatic carbocycles. The summed E-state index contributed by atoms with van der Waals surface area (Å²) in [5.74, 6) is 1.47. The summed E-state index contributed by atoms with van der Waals surface area (Å²) in [6, 6.07) is 0.275. The van der Waals surface area contributed by atoms with Crippen LogP contribution in [0.25, 0.3) is 0 Å². The zero-order valence-corrected chi connectivity index (χ0v) is 12.2. The summed E-state index contributed by atoms with van der Waals surface area (Å²) in [6.45, 7) is 6.52.